The fourth-order valence-corrected chi connectivity index (χ4v) is 1.77. The Kier molecular flexibility index (Phi) is 3.10. The highest BCUT2D eigenvalue weighted by Gasteiger charge is 2.37. The Morgan fingerprint density at radius 1 is 1.39 bits per heavy atom. The maximum absolute atomic E-state index is 11.9. The third-order valence-electron chi connectivity index (χ3n) is 2.48. The summed E-state index contributed by atoms with van der Waals surface area (Å²) >= 11 is 0. The molecule has 1 aliphatic rings. The molecule has 6 heteroatoms. The van der Waals surface area contributed by atoms with Gasteiger partial charge in [0.05, 0.1) is 5.56 Å². The van der Waals surface area contributed by atoms with Crippen molar-refractivity contribution in [1.82, 2.24) is 15.2 Å². The van der Waals surface area contributed by atoms with Crippen LogP contribution in [0.15, 0.2) is 18.3 Å². The Bertz CT molecular complexity index is 490. The second-order valence-electron chi connectivity index (χ2n) is 4.32. The summed E-state index contributed by atoms with van der Waals surface area (Å²) in [6, 6.07) is 3.08. The average molecular weight is 247 g/mol. The molecular formula is C12H13N3O3. The van der Waals surface area contributed by atoms with Crippen LogP contribution >= 0.6 is 0 Å². The van der Waals surface area contributed by atoms with Crippen molar-refractivity contribution in [3.8, 4) is 0 Å². The second-order valence-corrected chi connectivity index (χ2v) is 4.32. The van der Waals surface area contributed by atoms with Crippen LogP contribution in [-0.4, -0.2) is 40.2 Å². The van der Waals surface area contributed by atoms with E-state index in [1.807, 2.05) is 13.8 Å². The fourth-order valence-electron chi connectivity index (χ4n) is 1.77. The number of carbonyl (C=O) groups is 3. The fraction of sp³-hybridized carbons (Fsp3) is 0.333. The van der Waals surface area contributed by atoms with Crippen molar-refractivity contribution >= 4 is 17.7 Å². The molecule has 0 spiro atoms. The summed E-state index contributed by atoms with van der Waals surface area (Å²) < 4.78 is 0. The number of rotatable bonds is 3. The van der Waals surface area contributed by atoms with Crippen LogP contribution in [0.3, 0.4) is 0 Å². The standard InChI is InChI=1S/C12H13N3O3/c1-7(2)14-9(16)6-15-11(17)8-4-3-5-13-10(8)12(15)18/h3-5,7H,6H2,1-2H3,(H,14,16). The van der Waals surface area contributed by atoms with Crippen LogP contribution in [0, 0.1) is 0 Å². The molecule has 2 heterocycles. The average Bonchev–Trinajstić information content (AvgIpc) is 2.54. The lowest BCUT2D eigenvalue weighted by atomic mass is 10.2. The Morgan fingerprint density at radius 2 is 2.11 bits per heavy atom. The minimum absolute atomic E-state index is 0.0363. The predicted molar refractivity (Wildman–Crippen MR) is 62.9 cm³/mol. The van der Waals surface area contributed by atoms with Gasteiger partial charge in [-0.1, -0.05) is 0 Å². The van der Waals surface area contributed by atoms with Crippen LogP contribution in [0.25, 0.3) is 0 Å². The molecule has 0 saturated heterocycles. The lowest BCUT2D eigenvalue weighted by molar-refractivity contribution is -0.121. The molecule has 1 aliphatic heterocycles. The summed E-state index contributed by atoms with van der Waals surface area (Å²) in [5, 5.41) is 2.63. The zero-order valence-electron chi connectivity index (χ0n) is 10.1. The number of aromatic nitrogens is 1. The lowest BCUT2D eigenvalue weighted by Gasteiger charge is -2.14. The van der Waals surface area contributed by atoms with Gasteiger partial charge in [-0.25, -0.2) is 0 Å². The van der Waals surface area contributed by atoms with Crippen LogP contribution in [0.5, 0.6) is 0 Å². The van der Waals surface area contributed by atoms with Gasteiger partial charge < -0.3 is 5.32 Å². The first-order valence-electron chi connectivity index (χ1n) is 5.61. The summed E-state index contributed by atoms with van der Waals surface area (Å²) in [6.07, 6.45) is 1.45. The minimum Gasteiger partial charge on any atom is -0.352 e. The predicted octanol–water partition coefficient (Wildman–Crippen LogP) is 0.202. The molecule has 1 aromatic heterocycles. The zero-order chi connectivity index (χ0) is 13.3. The maximum atomic E-state index is 11.9. The number of pyridine rings is 1. The van der Waals surface area contributed by atoms with Crippen LogP contribution < -0.4 is 5.32 Å². The Hall–Kier alpha value is -2.24. The molecule has 94 valence electrons. The van der Waals surface area contributed by atoms with Crippen molar-refractivity contribution in [2.45, 2.75) is 19.9 Å². The SMILES string of the molecule is CC(C)NC(=O)CN1C(=O)c2cccnc2C1=O. The number of fused-ring (bicyclic) bond motifs is 1. The van der Waals surface area contributed by atoms with Gasteiger partial charge in [0.1, 0.15) is 12.2 Å². The number of nitrogens with zero attached hydrogens (tertiary/aromatic N) is 2. The van der Waals surface area contributed by atoms with E-state index in [0.717, 1.165) is 4.90 Å². The molecule has 3 amide bonds. The van der Waals surface area contributed by atoms with E-state index < -0.39 is 11.8 Å². The highest BCUT2D eigenvalue weighted by atomic mass is 16.2. The third kappa shape index (κ3) is 2.09. The van der Waals surface area contributed by atoms with Crippen LogP contribution in [0.4, 0.5) is 0 Å². The molecule has 0 radical (unpaired) electrons. The van der Waals surface area contributed by atoms with Crippen molar-refractivity contribution in [3.63, 3.8) is 0 Å². The van der Waals surface area contributed by atoms with Crippen LogP contribution in [0.1, 0.15) is 34.7 Å². The molecule has 2 rings (SSSR count). The quantitative estimate of drug-likeness (QED) is 0.774. The summed E-state index contributed by atoms with van der Waals surface area (Å²) in [5.41, 5.74) is 0.361. The van der Waals surface area contributed by atoms with Gasteiger partial charge in [0.15, 0.2) is 0 Å². The van der Waals surface area contributed by atoms with Gasteiger partial charge in [-0.05, 0) is 26.0 Å². The van der Waals surface area contributed by atoms with E-state index >= 15 is 0 Å². The van der Waals surface area contributed by atoms with E-state index in [2.05, 4.69) is 10.3 Å². The molecule has 6 nitrogen and oxygen atoms in total. The van der Waals surface area contributed by atoms with Crippen LogP contribution in [0.2, 0.25) is 0 Å². The van der Waals surface area contributed by atoms with Crippen molar-refractivity contribution in [2.24, 2.45) is 0 Å². The van der Waals surface area contributed by atoms with Gasteiger partial charge in [0, 0.05) is 12.2 Å². The van der Waals surface area contributed by atoms with Crippen molar-refractivity contribution < 1.29 is 14.4 Å². The maximum Gasteiger partial charge on any atom is 0.280 e. The smallest absolute Gasteiger partial charge is 0.280 e. The summed E-state index contributed by atoms with van der Waals surface area (Å²) in [4.78, 5) is 40.2. The molecule has 1 N–H and O–H groups in total. The van der Waals surface area contributed by atoms with Crippen molar-refractivity contribution in [3.05, 3.63) is 29.6 Å². The highest BCUT2D eigenvalue weighted by Crippen LogP contribution is 2.19. The molecule has 0 bridgehead atoms. The molecule has 1 aromatic rings. The third-order valence-corrected chi connectivity index (χ3v) is 2.48. The van der Waals surface area contributed by atoms with Gasteiger partial charge >= 0.3 is 0 Å². The van der Waals surface area contributed by atoms with E-state index in [9.17, 15) is 14.4 Å². The van der Waals surface area contributed by atoms with E-state index in [-0.39, 0.29) is 29.8 Å². The number of hydrogen-bond donors (Lipinski definition) is 1. The number of imide groups is 1. The number of carbonyl (C=O) groups excluding carboxylic acids is 3. The first kappa shape index (κ1) is 12.2. The molecular weight excluding hydrogens is 234 g/mol. The van der Waals surface area contributed by atoms with E-state index in [4.69, 9.17) is 0 Å². The highest BCUT2D eigenvalue weighted by molar-refractivity contribution is 6.21. The molecule has 0 aliphatic carbocycles. The molecule has 0 atom stereocenters. The normalized spacial score (nSPS) is 14.1. The van der Waals surface area contributed by atoms with Crippen molar-refractivity contribution in [1.29, 1.82) is 0 Å². The molecule has 0 unspecified atom stereocenters. The largest absolute Gasteiger partial charge is 0.352 e. The molecule has 0 saturated carbocycles. The minimum atomic E-state index is -0.519. The first-order valence-corrected chi connectivity index (χ1v) is 5.61. The lowest BCUT2D eigenvalue weighted by Crippen LogP contribution is -2.42. The van der Waals surface area contributed by atoms with E-state index in [1.165, 1.54) is 12.3 Å². The molecule has 0 fully saturated rings. The van der Waals surface area contributed by atoms with Gasteiger partial charge in [0.25, 0.3) is 11.8 Å². The molecule has 18 heavy (non-hydrogen) atoms. The number of nitrogens with one attached hydrogen (secondary N) is 1. The van der Waals surface area contributed by atoms with Gasteiger partial charge in [-0.3, -0.25) is 24.3 Å². The van der Waals surface area contributed by atoms with Crippen molar-refractivity contribution in [2.75, 3.05) is 6.54 Å². The first-order chi connectivity index (χ1) is 8.50. The Balaban J connectivity index is 2.16. The van der Waals surface area contributed by atoms with E-state index in [0.29, 0.717) is 0 Å². The van der Waals surface area contributed by atoms with Crippen LogP contribution in [-0.2, 0) is 4.79 Å². The zero-order valence-corrected chi connectivity index (χ0v) is 10.1. The topological polar surface area (TPSA) is 79.4 Å². The van der Waals surface area contributed by atoms with Gasteiger partial charge in [-0.15, -0.1) is 0 Å². The van der Waals surface area contributed by atoms with Gasteiger partial charge in [-0.2, -0.15) is 0 Å². The van der Waals surface area contributed by atoms with E-state index in [1.54, 1.807) is 6.07 Å². The number of hydrogen-bond acceptors (Lipinski definition) is 4. The Morgan fingerprint density at radius 3 is 2.72 bits per heavy atom. The monoisotopic (exact) mass is 247 g/mol. The molecule has 0 aromatic carbocycles. The summed E-state index contributed by atoms with van der Waals surface area (Å²) in [5.74, 6) is -1.35. The number of amides is 3. The summed E-state index contributed by atoms with van der Waals surface area (Å²) in [7, 11) is 0. The summed E-state index contributed by atoms with van der Waals surface area (Å²) in [6.45, 7) is 3.34. The van der Waals surface area contributed by atoms with Gasteiger partial charge in [0.2, 0.25) is 5.91 Å². The Labute approximate surface area is 104 Å². The second kappa shape index (κ2) is 4.56.